The molecule has 0 aliphatic carbocycles. The molecule has 0 amide bonds. The van der Waals surface area contributed by atoms with E-state index in [0.717, 1.165) is 4.47 Å². The molecule has 0 bridgehead atoms. The molecule has 26 heavy (non-hydrogen) atoms. The quantitative estimate of drug-likeness (QED) is 0.366. The number of nitrogens with zero attached hydrogens (tertiary/aromatic N) is 3. The zero-order valence-electron chi connectivity index (χ0n) is 12.9. The molecule has 3 aromatic rings. The van der Waals surface area contributed by atoms with Crippen molar-refractivity contribution in [2.45, 2.75) is 0 Å². The Morgan fingerprint density at radius 3 is 2.08 bits per heavy atom. The molecule has 0 unspecified atom stereocenters. The highest BCUT2D eigenvalue weighted by Gasteiger charge is 2.23. The second-order valence-electron chi connectivity index (χ2n) is 5.06. The first-order valence-corrected chi connectivity index (χ1v) is 8.73. The highest BCUT2D eigenvalue weighted by Crippen LogP contribution is 2.34. The second-order valence-corrected chi connectivity index (χ2v) is 6.79. The fourth-order valence-electron chi connectivity index (χ4n) is 2.12. The van der Waals surface area contributed by atoms with Gasteiger partial charge < -0.3 is 10.6 Å². The Labute approximate surface area is 166 Å². The summed E-state index contributed by atoms with van der Waals surface area (Å²) in [6.45, 7) is 0. The average molecular weight is 455 g/mol. The summed E-state index contributed by atoms with van der Waals surface area (Å²) < 4.78 is 0.891. The molecule has 1 heterocycles. The van der Waals surface area contributed by atoms with Gasteiger partial charge in [0.15, 0.2) is 0 Å². The van der Waals surface area contributed by atoms with E-state index in [4.69, 9.17) is 23.2 Å². The normalized spacial score (nSPS) is 10.4. The lowest BCUT2D eigenvalue weighted by Crippen LogP contribution is -2.05. The fourth-order valence-corrected chi connectivity index (χ4v) is 2.68. The molecule has 0 saturated heterocycles. The number of hydrogen-bond donors (Lipinski definition) is 2. The molecule has 0 aliphatic heterocycles. The number of anilines is 4. The topological polar surface area (TPSA) is 93.0 Å². The Morgan fingerprint density at radius 1 is 0.923 bits per heavy atom. The van der Waals surface area contributed by atoms with Crippen molar-refractivity contribution in [3.63, 3.8) is 0 Å². The minimum absolute atomic E-state index is 0.0306. The molecule has 1 aromatic heterocycles. The van der Waals surface area contributed by atoms with Gasteiger partial charge in [-0.2, -0.15) is 0 Å². The van der Waals surface area contributed by atoms with Crippen molar-refractivity contribution in [2.24, 2.45) is 0 Å². The first-order valence-electron chi connectivity index (χ1n) is 7.18. The maximum Gasteiger partial charge on any atom is 0.353 e. The summed E-state index contributed by atoms with van der Waals surface area (Å²) in [5, 5.41) is 18.1. The number of nitro groups is 1. The summed E-state index contributed by atoms with van der Waals surface area (Å²) in [4.78, 5) is 19.0. The molecule has 0 fully saturated rings. The largest absolute Gasteiger partial charge is 0.353 e. The third kappa shape index (κ3) is 4.21. The minimum Gasteiger partial charge on any atom is -0.334 e. The molecular weight excluding hydrogens is 445 g/mol. The summed E-state index contributed by atoms with van der Waals surface area (Å²) in [5.74, 6) is 0.0953. The maximum absolute atomic E-state index is 11.6. The Balaban J connectivity index is 1.96. The Morgan fingerprint density at radius 2 is 1.50 bits per heavy atom. The van der Waals surface area contributed by atoms with Gasteiger partial charge in [-0.25, -0.2) is 9.97 Å². The number of rotatable bonds is 5. The van der Waals surface area contributed by atoms with Crippen molar-refractivity contribution in [3.05, 3.63) is 73.4 Å². The van der Waals surface area contributed by atoms with Crippen LogP contribution in [0.4, 0.5) is 28.7 Å². The smallest absolute Gasteiger partial charge is 0.334 e. The van der Waals surface area contributed by atoms with E-state index in [9.17, 15) is 10.1 Å². The monoisotopic (exact) mass is 453 g/mol. The molecule has 0 saturated carbocycles. The molecule has 3 rings (SSSR count). The van der Waals surface area contributed by atoms with Gasteiger partial charge >= 0.3 is 5.69 Å². The summed E-state index contributed by atoms with van der Waals surface area (Å²) in [5.41, 5.74) is 0.868. The molecule has 2 aromatic carbocycles. The third-order valence-corrected chi connectivity index (χ3v) is 4.56. The van der Waals surface area contributed by atoms with Gasteiger partial charge in [-0.1, -0.05) is 39.1 Å². The Kier molecular flexibility index (Phi) is 5.55. The average Bonchev–Trinajstić information content (AvgIpc) is 2.60. The number of benzene rings is 2. The van der Waals surface area contributed by atoms with Crippen LogP contribution < -0.4 is 10.6 Å². The van der Waals surface area contributed by atoms with Crippen LogP contribution in [-0.4, -0.2) is 14.9 Å². The molecule has 0 radical (unpaired) electrons. The Hall–Kier alpha value is -2.42. The van der Waals surface area contributed by atoms with Crippen LogP contribution in [0.25, 0.3) is 0 Å². The van der Waals surface area contributed by atoms with E-state index in [1.54, 1.807) is 30.3 Å². The lowest BCUT2D eigenvalue weighted by atomic mass is 10.3. The van der Waals surface area contributed by atoms with Crippen molar-refractivity contribution in [1.82, 2.24) is 9.97 Å². The maximum atomic E-state index is 11.6. The number of nitrogens with one attached hydrogen (secondary N) is 2. The van der Waals surface area contributed by atoms with Gasteiger partial charge in [0.25, 0.3) is 0 Å². The second kappa shape index (κ2) is 7.86. The number of hydrogen-bond acceptors (Lipinski definition) is 6. The summed E-state index contributed by atoms with van der Waals surface area (Å²) in [7, 11) is 0. The van der Waals surface area contributed by atoms with E-state index >= 15 is 0 Å². The molecular formula is C16H10BrCl2N5O2. The molecule has 0 aliphatic rings. The summed E-state index contributed by atoms with van der Waals surface area (Å²) >= 11 is 15.2. The van der Waals surface area contributed by atoms with E-state index in [1.165, 1.54) is 6.33 Å². The molecule has 0 spiro atoms. The van der Waals surface area contributed by atoms with Gasteiger partial charge in [0, 0.05) is 15.8 Å². The zero-order chi connectivity index (χ0) is 18.7. The molecule has 132 valence electrons. The van der Waals surface area contributed by atoms with Gasteiger partial charge in [-0.3, -0.25) is 10.1 Å². The van der Waals surface area contributed by atoms with Crippen molar-refractivity contribution in [1.29, 1.82) is 0 Å². The number of halogens is 3. The van der Waals surface area contributed by atoms with Crippen molar-refractivity contribution < 1.29 is 4.92 Å². The van der Waals surface area contributed by atoms with Crippen LogP contribution in [0.3, 0.4) is 0 Å². The van der Waals surface area contributed by atoms with Crippen LogP contribution in [0.5, 0.6) is 0 Å². The van der Waals surface area contributed by atoms with Gasteiger partial charge in [0.2, 0.25) is 11.6 Å². The molecule has 0 atom stereocenters. The SMILES string of the molecule is O=[N+]([O-])c1c(Nc2ccc(Br)cc2)ncnc1Nc1ccc(Cl)c(Cl)c1. The molecule has 2 N–H and O–H groups in total. The van der Waals surface area contributed by atoms with E-state index in [-0.39, 0.29) is 17.3 Å². The fraction of sp³-hybridized carbons (Fsp3) is 0. The minimum atomic E-state index is -0.555. The Bertz CT molecular complexity index is 969. The van der Waals surface area contributed by atoms with E-state index in [0.29, 0.717) is 21.4 Å². The zero-order valence-corrected chi connectivity index (χ0v) is 16.0. The van der Waals surface area contributed by atoms with E-state index < -0.39 is 4.92 Å². The first-order chi connectivity index (χ1) is 12.4. The van der Waals surface area contributed by atoms with Crippen LogP contribution in [0.15, 0.2) is 53.3 Å². The van der Waals surface area contributed by atoms with Crippen LogP contribution in [0.1, 0.15) is 0 Å². The highest BCUT2D eigenvalue weighted by molar-refractivity contribution is 9.10. The lowest BCUT2D eigenvalue weighted by molar-refractivity contribution is -0.383. The first kappa shape index (κ1) is 18.4. The van der Waals surface area contributed by atoms with Gasteiger partial charge in [0.05, 0.1) is 15.0 Å². The van der Waals surface area contributed by atoms with Crippen molar-refractivity contribution >= 4 is 67.8 Å². The van der Waals surface area contributed by atoms with Crippen molar-refractivity contribution in [2.75, 3.05) is 10.6 Å². The van der Waals surface area contributed by atoms with Crippen LogP contribution in [0.2, 0.25) is 10.0 Å². The number of aromatic nitrogens is 2. The standard InChI is InChI=1S/C16H10BrCl2N5O2/c17-9-1-3-10(4-2-9)22-15-14(24(25)26)16(21-8-20-15)23-11-5-6-12(18)13(19)7-11/h1-8H,(H2,20,21,22,23). The molecule has 10 heteroatoms. The van der Waals surface area contributed by atoms with E-state index in [1.807, 2.05) is 12.1 Å². The van der Waals surface area contributed by atoms with Gasteiger partial charge in [-0.05, 0) is 42.5 Å². The van der Waals surface area contributed by atoms with Gasteiger partial charge in [0.1, 0.15) is 6.33 Å². The third-order valence-electron chi connectivity index (χ3n) is 3.29. The lowest BCUT2D eigenvalue weighted by Gasteiger charge is -2.10. The summed E-state index contributed by atoms with van der Waals surface area (Å²) in [6.07, 6.45) is 1.23. The summed E-state index contributed by atoms with van der Waals surface area (Å²) in [6, 6.07) is 11.9. The molecule has 7 nitrogen and oxygen atoms in total. The van der Waals surface area contributed by atoms with Crippen LogP contribution in [-0.2, 0) is 0 Å². The van der Waals surface area contributed by atoms with E-state index in [2.05, 4.69) is 36.5 Å². The predicted molar refractivity (Wildman–Crippen MR) is 106 cm³/mol. The van der Waals surface area contributed by atoms with Gasteiger partial charge in [-0.15, -0.1) is 0 Å². The van der Waals surface area contributed by atoms with Crippen LogP contribution >= 0.6 is 39.1 Å². The highest BCUT2D eigenvalue weighted by atomic mass is 79.9. The van der Waals surface area contributed by atoms with Crippen molar-refractivity contribution in [3.8, 4) is 0 Å². The predicted octanol–water partition coefficient (Wildman–Crippen LogP) is 5.94. The van der Waals surface area contributed by atoms with Crippen LogP contribution in [0, 0.1) is 10.1 Å².